The fourth-order valence-corrected chi connectivity index (χ4v) is 5.08. The number of hydrogen-bond donors (Lipinski definition) is 3. The van der Waals surface area contributed by atoms with E-state index in [0.29, 0.717) is 17.3 Å². The Labute approximate surface area is 182 Å². The first-order chi connectivity index (χ1) is 15.6. The molecule has 1 amide bonds. The zero-order valence-corrected chi connectivity index (χ0v) is 17.1. The van der Waals surface area contributed by atoms with Crippen molar-refractivity contribution in [1.82, 2.24) is 44.6 Å². The van der Waals surface area contributed by atoms with E-state index < -0.39 is 0 Å². The van der Waals surface area contributed by atoms with Crippen molar-refractivity contribution in [2.24, 2.45) is 0 Å². The van der Waals surface area contributed by atoms with Gasteiger partial charge in [0.15, 0.2) is 5.65 Å². The van der Waals surface area contributed by atoms with Crippen LogP contribution >= 0.6 is 0 Å². The summed E-state index contributed by atoms with van der Waals surface area (Å²) in [5, 5.41) is 12.0. The number of amides is 1. The van der Waals surface area contributed by atoms with E-state index in [1.54, 1.807) is 23.1 Å². The van der Waals surface area contributed by atoms with Gasteiger partial charge in [-0.05, 0) is 25.7 Å². The van der Waals surface area contributed by atoms with Gasteiger partial charge < -0.3 is 21.4 Å². The minimum atomic E-state index is -0.0854. The predicted octanol–water partition coefficient (Wildman–Crippen LogP) is 1.02. The topological polar surface area (TPSA) is 170 Å². The van der Waals surface area contributed by atoms with Crippen LogP contribution in [0, 0.1) is 0 Å². The molecule has 0 saturated carbocycles. The fourth-order valence-electron chi connectivity index (χ4n) is 5.08. The second-order valence-corrected chi connectivity index (χ2v) is 8.33. The first-order valence-corrected chi connectivity index (χ1v) is 10.5. The van der Waals surface area contributed by atoms with E-state index in [2.05, 4.69) is 30.2 Å². The standard InChI is InChI=1S/C20H21N11O/c21-16-5-15(28-18-14(8-27-31(16)18)11-6-23-20(22)24-7-11)10-3-12-1-2-13(4-10)30(12)19(32)17-25-9-26-29-17/h5-10,12-13H,1-4,21H2,(H2,22,23,24)(H,25,26,29)/t10-,12-,13?/m0/s1. The van der Waals surface area contributed by atoms with Gasteiger partial charge in [-0.15, -0.1) is 10.2 Å². The monoisotopic (exact) mass is 431 g/mol. The largest absolute Gasteiger partial charge is 0.384 e. The highest BCUT2D eigenvalue weighted by molar-refractivity contribution is 5.91. The minimum absolute atomic E-state index is 0.0854. The van der Waals surface area contributed by atoms with Crippen molar-refractivity contribution in [3.63, 3.8) is 0 Å². The molecule has 3 atom stereocenters. The number of nitrogens with two attached hydrogens (primary N) is 2. The molecule has 0 spiro atoms. The lowest BCUT2D eigenvalue weighted by molar-refractivity contribution is 0.0557. The molecule has 0 aliphatic carbocycles. The zero-order chi connectivity index (χ0) is 21.8. The van der Waals surface area contributed by atoms with Gasteiger partial charge in [0, 0.05) is 53.3 Å². The van der Waals surface area contributed by atoms with Crippen molar-refractivity contribution < 1.29 is 4.79 Å². The number of carbonyl (C=O) groups is 1. The van der Waals surface area contributed by atoms with Crippen LogP contribution in [0.2, 0.25) is 0 Å². The SMILES string of the molecule is Nc1ncc(-c2cnn3c(N)cc([C@@H]4CC5CC[C@@H](C4)N5C(=O)c4nnc[nH]4)nc23)cn1. The van der Waals surface area contributed by atoms with E-state index in [4.69, 9.17) is 16.5 Å². The molecular formula is C20H21N11O. The quantitative estimate of drug-likeness (QED) is 0.428. The summed E-state index contributed by atoms with van der Waals surface area (Å²) >= 11 is 0. The number of rotatable bonds is 3. The number of hydrogen-bond acceptors (Lipinski definition) is 9. The first-order valence-electron chi connectivity index (χ1n) is 10.5. The second kappa shape index (κ2) is 6.97. The van der Waals surface area contributed by atoms with Gasteiger partial charge in [0.05, 0.1) is 6.20 Å². The molecule has 162 valence electrons. The van der Waals surface area contributed by atoms with Gasteiger partial charge in [0.2, 0.25) is 11.8 Å². The Balaban J connectivity index is 1.33. The van der Waals surface area contributed by atoms with Gasteiger partial charge in [-0.1, -0.05) is 0 Å². The molecular weight excluding hydrogens is 410 g/mol. The number of fused-ring (bicyclic) bond motifs is 3. The van der Waals surface area contributed by atoms with Gasteiger partial charge in [-0.3, -0.25) is 4.79 Å². The molecule has 2 aliphatic heterocycles. The summed E-state index contributed by atoms with van der Waals surface area (Å²) in [5.41, 5.74) is 15.1. The molecule has 12 nitrogen and oxygen atoms in total. The molecule has 4 aromatic rings. The zero-order valence-electron chi connectivity index (χ0n) is 17.1. The summed E-state index contributed by atoms with van der Waals surface area (Å²) in [6.45, 7) is 0. The van der Waals surface area contributed by atoms with E-state index in [1.165, 1.54) is 6.33 Å². The molecule has 2 saturated heterocycles. The number of carbonyl (C=O) groups excluding carboxylic acids is 1. The second-order valence-electron chi connectivity index (χ2n) is 8.33. The van der Waals surface area contributed by atoms with E-state index >= 15 is 0 Å². The summed E-state index contributed by atoms with van der Waals surface area (Å²) in [7, 11) is 0. The molecule has 4 aromatic heterocycles. The normalized spacial score (nSPS) is 22.5. The lowest BCUT2D eigenvalue weighted by Gasteiger charge is -2.38. The number of nitrogens with zero attached hydrogens (tertiary/aromatic N) is 8. The molecule has 5 N–H and O–H groups in total. The van der Waals surface area contributed by atoms with Gasteiger partial charge in [-0.2, -0.15) is 9.61 Å². The average Bonchev–Trinajstić information content (AvgIpc) is 3.52. The van der Waals surface area contributed by atoms with Crippen LogP contribution in [0.3, 0.4) is 0 Å². The molecule has 0 aromatic carbocycles. The molecule has 6 heterocycles. The summed E-state index contributed by atoms with van der Waals surface area (Å²) in [4.78, 5) is 30.8. The van der Waals surface area contributed by atoms with Gasteiger partial charge in [-0.25, -0.2) is 15.0 Å². The van der Waals surface area contributed by atoms with Gasteiger partial charge in [0.1, 0.15) is 12.1 Å². The molecule has 32 heavy (non-hydrogen) atoms. The van der Waals surface area contributed by atoms with Crippen molar-refractivity contribution >= 4 is 23.3 Å². The van der Waals surface area contributed by atoms with E-state index in [9.17, 15) is 4.79 Å². The lowest BCUT2D eigenvalue weighted by Crippen LogP contribution is -2.46. The molecule has 2 fully saturated rings. The van der Waals surface area contributed by atoms with Crippen LogP contribution in [-0.4, -0.2) is 62.6 Å². The smallest absolute Gasteiger partial charge is 0.292 e. The average molecular weight is 431 g/mol. The van der Waals surface area contributed by atoms with Crippen molar-refractivity contribution in [3.05, 3.63) is 42.5 Å². The Hall–Kier alpha value is -4.09. The van der Waals surface area contributed by atoms with Crippen LogP contribution in [0.15, 0.2) is 31.0 Å². The Morgan fingerprint density at radius 3 is 2.53 bits per heavy atom. The summed E-state index contributed by atoms with van der Waals surface area (Å²) in [5.74, 6) is 1.13. The molecule has 1 unspecified atom stereocenters. The predicted molar refractivity (Wildman–Crippen MR) is 114 cm³/mol. The summed E-state index contributed by atoms with van der Waals surface area (Å²) < 4.78 is 1.62. The number of aromatic nitrogens is 8. The highest BCUT2D eigenvalue weighted by Crippen LogP contribution is 2.43. The highest BCUT2D eigenvalue weighted by atomic mass is 16.2. The minimum Gasteiger partial charge on any atom is -0.384 e. The number of H-pyrrole nitrogens is 1. The van der Waals surface area contributed by atoms with E-state index in [-0.39, 0.29) is 29.9 Å². The maximum Gasteiger partial charge on any atom is 0.292 e. The van der Waals surface area contributed by atoms with Crippen molar-refractivity contribution in [2.45, 2.75) is 43.7 Å². The molecule has 0 radical (unpaired) electrons. The van der Waals surface area contributed by atoms with Crippen LogP contribution in [0.5, 0.6) is 0 Å². The molecule has 2 bridgehead atoms. The number of nitrogens with one attached hydrogen (secondary N) is 1. The van der Waals surface area contributed by atoms with Crippen molar-refractivity contribution in [1.29, 1.82) is 0 Å². The van der Waals surface area contributed by atoms with Crippen molar-refractivity contribution in [3.8, 4) is 11.1 Å². The third kappa shape index (κ3) is 2.87. The van der Waals surface area contributed by atoms with Crippen LogP contribution in [0.4, 0.5) is 11.8 Å². The Bertz CT molecular complexity index is 1280. The Kier molecular flexibility index (Phi) is 4.06. The van der Waals surface area contributed by atoms with Gasteiger partial charge >= 0.3 is 0 Å². The summed E-state index contributed by atoms with van der Waals surface area (Å²) in [6, 6.07) is 2.18. The Morgan fingerprint density at radius 1 is 1.09 bits per heavy atom. The number of aromatic amines is 1. The van der Waals surface area contributed by atoms with E-state index in [1.807, 2.05) is 11.0 Å². The molecule has 12 heteroatoms. The lowest BCUT2D eigenvalue weighted by atomic mass is 9.87. The van der Waals surface area contributed by atoms with Gasteiger partial charge in [0.25, 0.3) is 5.91 Å². The molecule has 6 rings (SSSR count). The maximum absolute atomic E-state index is 12.9. The number of anilines is 2. The van der Waals surface area contributed by atoms with Crippen LogP contribution < -0.4 is 11.5 Å². The van der Waals surface area contributed by atoms with Crippen LogP contribution in [0.25, 0.3) is 16.8 Å². The maximum atomic E-state index is 12.9. The van der Waals surface area contributed by atoms with E-state index in [0.717, 1.165) is 42.5 Å². The first kappa shape index (κ1) is 18.7. The third-order valence-electron chi connectivity index (χ3n) is 6.51. The highest BCUT2D eigenvalue weighted by Gasteiger charge is 2.45. The Morgan fingerprint density at radius 2 is 1.84 bits per heavy atom. The number of piperidine rings is 1. The van der Waals surface area contributed by atoms with Crippen molar-refractivity contribution in [2.75, 3.05) is 11.5 Å². The fraction of sp³-hybridized carbons (Fsp3) is 0.350. The van der Waals surface area contributed by atoms with Crippen LogP contribution in [-0.2, 0) is 0 Å². The van der Waals surface area contributed by atoms with Crippen LogP contribution in [0.1, 0.15) is 47.9 Å². The summed E-state index contributed by atoms with van der Waals surface area (Å²) in [6.07, 6.45) is 10.0. The number of nitrogen functional groups attached to an aromatic ring is 2. The molecule has 2 aliphatic rings. The third-order valence-corrected chi connectivity index (χ3v) is 6.51.